The van der Waals surface area contributed by atoms with Gasteiger partial charge in [-0.3, -0.25) is 0 Å². The number of rotatable bonds is 34. The molecule has 9 heteroatoms. The summed E-state index contributed by atoms with van der Waals surface area (Å²) in [6, 6.07) is 18.6. The topological polar surface area (TPSA) is 114 Å². The van der Waals surface area contributed by atoms with Gasteiger partial charge in [0.05, 0.1) is 9.79 Å². The summed E-state index contributed by atoms with van der Waals surface area (Å²) >= 11 is 0. The van der Waals surface area contributed by atoms with E-state index in [4.69, 9.17) is 0 Å². The largest absolute Gasteiger partial charge is 2.00 e. The molecule has 0 saturated carbocycles. The Kier molecular flexibility index (Phi) is 31.8. The first-order valence-corrected chi connectivity index (χ1v) is 28.8. The maximum absolute atomic E-state index is 11.5. The van der Waals surface area contributed by atoms with Crippen LogP contribution in [0.5, 0.6) is 0 Å². The summed E-state index contributed by atoms with van der Waals surface area (Å²) < 4.78 is 69.2. The van der Waals surface area contributed by atoms with Gasteiger partial charge in [-0.15, -0.1) is 0 Å². The zero-order valence-electron chi connectivity index (χ0n) is 41.4. The molecule has 0 unspecified atom stereocenters. The average molecular weight is 960 g/mol. The minimum absolute atomic E-state index is 0. The number of benzene rings is 4. The van der Waals surface area contributed by atoms with Crippen molar-refractivity contribution in [3.05, 3.63) is 82.9 Å². The van der Waals surface area contributed by atoms with E-state index in [-0.39, 0.29) is 47.5 Å². The molecule has 0 heterocycles. The van der Waals surface area contributed by atoms with E-state index in [1.54, 1.807) is 12.1 Å². The van der Waals surface area contributed by atoms with Gasteiger partial charge in [0.15, 0.2) is 0 Å². The van der Waals surface area contributed by atoms with Gasteiger partial charge in [-0.1, -0.05) is 218 Å². The van der Waals surface area contributed by atoms with Crippen LogP contribution < -0.4 is 0 Å². The molecule has 4 rings (SSSR count). The van der Waals surface area contributed by atoms with Crippen LogP contribution in [0.1, 0.15) is 230 Å². The fourth-order valence-electron chi connectivity index (χ4n) is 9.12. The Hall–Kier alpha value is -1.52. The SMILES string of the molecule is CCCCCCCCCc1cc(CCCCCCCCC)c2ccc(S(=O)(=O)[O-])cc2c1.CCCCCCCCCc1cc(CCCCCCCCC)c2ccc(S(=O)(=O)[O-])cc2c1.[Ca+2]. The first-order chi connectivity index (χ1) is 30.9. The van der Waals surface area contributed by atoms with Gasteiger partial charge in [0.2, 0.25) is 0 Å². The fraction of sp³-hybridized carbons (Fsp3) is 0.643. The predicted octanol–water partition coefficient (Wildman–Crippen LogP) is 16.3. The van der Waals surface area contributed by atoms with Crippen LogP contribution >= 0.6 is 0 Å². The Morgan fingerprint density at radius 3 is 0.877 bits per heavy atom. The van der Waals surface area contributed by atoms with E-state index in [1.165, 1.54) is 188 Å². The van der Waals surface area contributed by atoms with Crippen LogP contribution in [-0.4, -0.2) is 63.7 Å². The Bertz CT molecular complexity index is 1960. The minimum Gasteiger partial charge on any atom is -0.744 e. The molecular formula is C56H86CaO6S2. The molecular weight excluding hydrogens is 873 g/mol. The molecule has 0 spiro atoms. The number of aryl methyl sites for hydroxylation is 4. The van der Waals surface area contributed by atoms with Gasteiger partial charge in [-0.2, -0.15) is 0 Å². The van der Waals surface area contributed by atoms with E-state index in [0.29, 0.717) is 0 Å². The van der Waals surface area contributed by atoms with Crippen LogP contribution in [-0.2, 0) is 45.9 Å². The Morgan fingerprint density at radius 2 is 0.600 bits per heavy atom. The molecule has 4 aromatic carbocycles. The van der Waals surface area contributed by atoms with Crippen LogP contribution in [0.2, 0.25) is 0 Å². The summed E-state index contributed by atoms with van der Waals surface area (Å²) in [5.74, 6) is 0. The van der Waals surface area contributed by atoms with Gasteiger partial charge in [0, 0.05) is 0 Å². The number of hydrogen-bond acceptors (Lipinski definition) is 6. The van der Waals surface area contributed by atoms with E-state index < -0.39 is 20.2 Å². The molecule has 0 N–H and O–H groups in total. The molecule has 4 aromatic rings. The molecule has 360 valence electrons. The normalized spacial score (nSPS) is 11.8. The van der Waals surface area contributed by atoms with Crippen molar-refractivity contribution in [2.75, 3.05) is 0 Å². The summed E-state index contributed by atoms with van der Waals surface area (Å²) in [4.78, 5) is -0.250. The van der Waals surface area contributed by atoms with Crippen molar-refractivity contribution in [1.29, 1.82) is 0 Å². The summed E-state index contributed by atoms with van der Waals surface area (Å²) in [5, 5.41) is 3.96. The molecule has 0 bridgehead atoms. The van der Waals surface area contributed by atoms with Crippen molar-refractivity contribution in [2.45, 2.75) is 243 Å². The van der Waals surface area contributed by atoms with E-state index in [9.17, 15) is 25.9 Å². The average Bonchev–Trinajstić information content (AvgIpc) is 3.27. The van der Waals surface area contributed by atoms with E-state index >= 15 is 0 Å². The van der Waals surface area contributed by atoms with Crippen molar-refractivity contribution in [3.63, 3.8) is 0 Å². The third-order valence-corrected chi connectivity index (χ3v) is 14.6. The molecule has 0 radical (unpaired) electrons. The Morgan fingerprint density at radius 1 is 0.338 bits per heavy atom. The van der Waals surface area contributed by atoms with Gasteiger partial charge in [0.25, 0.3) is 0 Å². The van der Waals surface area contributed by atoms with Crippen molar-refractivity contribution in [1.82, 2.24) is 0 Å². The second-order valence-corrected chi connectivity index (χ2v) is 21.4. The standard InChI is InChI=1S/2C28H44O3S.Ca/c2*1-3-5-7-9-11-13-15-17-24-21-25(18-16-14-12-10-8-6-4-2)28-20-19-27(32(29,30)31)23-26(28)22-24;/h2*19-23H,3-18H2,1-2H3,(H,29,30,31);/q;;+2/p-2. The first kappa shape index (κ1) is 59.6. The number of fused-ring (bicyclic) bond motifs is 2. The molecule has 65 heavy (non-hydrogen) atoms. The number of hydrogen-bond donors (Lipinski definition) is 0. The maximum Gasteiger partial charge on any atom is 2.00 e. The summed E-state index contributed by atoms with van der Waals surface area (Å²) in [7, 11) is -8.87. The first-order valence-electron chi connectivity index (χ1n) is 25.9. The van der Waals surface area contributed by atoms with Gasteiger partial charge in [-0.05, 0) is 119 Å². The van der Waals surface area contributed by atoms with Crippen LogP contribution in [0.4, 0.5) is 0 Å². The van der Waals surface area contributed by atoms with Crippen molar-refractivity contribution in [2.24, 2.45) is 0 Å². The third-order valence-electron chi connectivity index (χ3n) is 13.0. The fourth-order valence-corrected chi connectivity index (χ4v) is 10.1. The molecule has 0 fully saturated rings. The summed E-state index contributed by atoms with van der Waals surface area (Å²) in [6.07, 6.45) is 39.8. The summed E-state index contributed by atoms with van der Waals surface area (Å²) in [6.45, 7) is 8.97. The monoisotopic (exact) mass is 959 g/mol. The minimum atomic E-state index is -4.43. The predicted molar refractivity (Wildman–Crippen MR) is 276 cm³/mol. The molecule has 0 amide bonds. The van der Waals surface area contributed by atoms with Crippen molar-refractivity contribution in [3.8, 4) is 0 Å². The van der Waals surface area contributed by atoms with Crippen LogP contribution in [0.3, 0.4) is 0 Å². The number of unbranched alkanes of at least 4 members (excludes halogenated alkanes) is 24. The molecule has 0 aromatic heterocycles. The zero-order chi connectivity index (χ0) is 46.5. The molecule has 0 saturated heterocycles. The molecule has 6 nitrogen and oxygen atoms in total. The third kappa shape index (κ3) is 24.6. The zero-order valence-corrected chi connectivity index (χ0v) is 45.2. The molecule has 0 aliphatic heterocycles. The quantitative estimate of drug-likeness (QED) is 0.0262. The van der Waals surface area contributed by atoms with Gasteiger partial charge >= 0.3 is 37.7 Å². The van der Waals surface area contributed by atoms with Crippen LogP contribution in [0, 0.1) is 0 Å². The van der Waals surface area contributed by atoms with Gasteiger partial charge in [-0.25, -0.2) is 16.8 Å². The Labute approximate surface area is 427 Å². The summed E-state index contributed by atoms with van der Waals surface area (Å²) in [5.41, 5.74) is 5.13. The molecule has 0 aliphatic carbocycles. The van der Waals surface area contributed by atoms with Gasteiger partial charge in [0.1, 0.15) is 20.2 Å². The van der Waals surface area contributed by atoms with Crippen LogP contribution in [0.15, 0.2) is 70.5 Å². The van der Waals surface area contributed by atoms with Crippen LogP contribution in [0.25, 0.3) is 21.5 Å². The molecule has 0 aliphatic rings. The van der Waals surface area contributed by atoms with Gasteiger partial charge < -0.3 is 9.11 Å². The van der Waals surface area contributed by atoms with Crippen molar-refractivity contribution < 1.29 is 25.9 Å². The van der Waals surface area contributed by atoms with E-state index in [2.05, 4.69) is 52.0 Å². The second-order valence-electron chi connectivity index (χ2n) is 18.7. The van der Waals surface area contributed by atoms with Crippen molar-refractivity contribution >= 4 is 79.5 Å². The van der Waals surface area contributed by atoms with E-state index in [1.807, 2.05) is 12.1 Å². The smallest absolute Gasteiger partial charge is 0.744 e. The second kappa shape index (κ2) is 34.7. The maximum atomic E-state index is 11.5. The van der Waals surface area contributed by atoms with E-state index in [0.717, 1.165) is 72.9 Å². The molecule has 0 atom stereocenters. The Balaban J connectivity index is 0.000000440.